The molecule has 2 nitrogen and oxygen atoms in total. The molecule has 0 saturated heterocycles. The molecule has 0 aromatic carbocycles. The Morgan fingerprint density at radius 2 is 1.65 bits per heavy atom. The highest BCUT2D eigenvalue weighted by Crippen LogP contribution is 2.36. The molecule has 2 unspecified atom stereocenters. The van der Waals surface area contributed by atoms with Gasteiger partial charge in [-0.2, -0.15) is 0 Å². The van der Waals surface area contributed by atoms with E-state index in [1.165, 1.54) is 64.3 Å². The molecule has 2 heteroatoms. The fourth-order valence-electron chi connectivity index (χ4n) is 4.64. The Bertz CT molecular complexity index is 269. The predicted octanol–water partition coefficient (Wildman–Crippen LogP) is 4.18. The second kappa shape index (κ2) is 7.79. The number of hydrogen-bond acceptors (Lipinski definition) is 2. The lowest BCUT2D eigenvalue weighted by molar-refractivity contribution is 0.0281. The van der Waals surface area contributed by atoms with Crippen molar-refractivity contribution in [2.75, 3.05) is 6.54 Å². The third-order valence-corrected chi connectivity index (χ3v) is 5.76. The van der Waals surface area contributed by atoms with Crippen molar-refractivity contribution in [2.45, 2.75) is 96.7 Å². The molecule has 0 radical (unpaired) electrons. The molecule has 0 heterocycles. The zero-order valence-electron chi connectivity index (χ0n) is 14.0. The molecule has 0 amide bonds. The van der Waals surface area contributed by atoms with Crippen molar-refractivity contribution < 1.29 is 0 Å². The van der Waals surface area contributed by atoms with Gasteiger partial charge in [0.25, 0.3) is 0 Å². The van der Waals surface area contributed by atoms with Crippen LogP contribution >= 0.6 is 0 Å². The molecule has 2 rings (SSSR count). The van der Waals surface area contributed by atoms with E-state index in [-0.39, 0.29) is 0 Å². The van der Waals surface area contributed by atoms with Crippen LogP contribution in [0, 0.1) is 11.8 Å². The fourth-order valence-corrected chi connectivity index (χ4v) is 4.64. The van der Waals surface area contributed by atoms with Gasteiger partial charge in [0.1, 0.15) is 0 Å². The minimum absolute atomic E-state index is 0.474. The zero-order valence-corrected chi connectivity index (χ0v) is 14.0. The van der Waals surface area contributed by atoms with Crippen LogP contribution < -0.4 is 5.73 Å². The number of rotatable bonds is 5. The van der Waals surface area contributed by atoms with E-state index in [0.29, 0.717) is 6.04 Å². The first-order chi connectivity index (χ1) is 9.63. The molecule has 2 N–H and O–H groups in total. The third kappa shape index (κ3) is 3.98. The van der Waals surface area contributed by atoms with Crippen molar-refractivity contribution >= 4 is 0 Å². The van der Waals surface area contributed by atoms with Crippen LogP contribution in [0.5, 0.6) is 0 Å². The largest absolute Gasteiger partial charge is 0.328 e. The highest BCUT2D eigenvalue weighted by atomic mass is 15.2. The van der Waals surface area contributed by atoms with Gasteiger partial charge >= 0.3 is 0 Å². The number of nitrogens with zero attached hydrogens (tertiary/aromatic N) is 1. The quantitative estimate of drug-likeness (QED) is 0.818. The number of nitrogens with two attached hydrogens (primary N) is 1. The normalized spacial score (nSPS) is 35.7. The van der Waals surface area contributed by atoms with Crippen LogP contribution in [0.3, 0.4) is 0 Å². The Morgan fingerprint density at radius 1 is 1.00 bits per heavy atom. The van der Waals surface area contributed by atoms with Crippen LogP contribution in [0.2, 0.25) is 0 Å². The average Bonchev–Trinajstić information content (AvgIpc) is 2.46. The summed E-state index contributed by atoms with van der Waals surface area (Å²) >= 11 is 0. The molecular weight excluding hydrogens is 244 g/mol. The first-order valence-corrected chi connectivity index (χ1v) is 9.14. The van der Waals surface area contributed by atoms with Gasteiger partial charge in [-0.15, -0.1) is 0 Å². The Kier molecular flexibility index (Phi) is 6.35. The Balaban J connectivity index is 2.05. The van der Waals surface area contributed by atoms with E-state index in [1.54, 1.807) is 0 Å². The topological polar surface area (TPSA) is 29.3 Å². The Morgan fingerprint density at radius 3 is 2.25 bits per heavy atom. The highest BCUT2D eigenvalue weighted by molar-refractivity contribution is 4.90. The van der Waals surface area contributed by atoms with E-state index < -0.39 is 0 Å². The summed E-state index contributed by atoms with van der Waals surface area (Å²) in [5.41, 5.74) is 6.11. The minimum Gasteiger partial charge on any atom is -0.328 e. The van der Waals surface area contributed by atoms with Crippen molar-refractivity contribution in [2.24, 2.45) is 17.6 Å². The first-order valence-electron chi connectivity index (χ1n) is 9.14. The standard InChI is InChI=1S/C18H36N2/c1-4-13-20(16-11-9-15(19)10-12-16)18-8-6-5-7-17(18)14(2)3/h14-18H,4-13,19H2,1-3H3. The van der Waals surface area contributed by atoms with Gasteiger partial charge in [-0.05, 0) is 63.3 Å². The van der Waals surface area contributed by atoms with E-state index in [1.807, 2.05) is 0 Å². The molecule has 0 aliphatic heterocycles. The van der Waals surface area contributed by atoms with Crippen molar-refractivity contribution in [3.8, 4) is 0 Å². The van der Waals surface area contributed by atoms with Crippen LogP contribution in [0.4, 0.5) is 0 Å². The smallest absolute Gasteiger partial charge is 0.0129 e. The maximum atomic E-state index is 6.11. The first kappa shape index (κ1) is 16.3. The van der Waals surface area contributed by atoms with Crippen LogP contribution in [-0.4, -0.2) is 29.6 Å². The van der Waals surface area contributed by atoms with Crippen molar-refractivity contribution in [3.05, 3.63) is 0 Å². The Labute approximate surface area is 126 Å². The van der Waals surface area contributed by atoms with E-state index in [4.69, 9.17) is 5.73 Å². The summed E-state index contributed by atoms with van der Waals surface area (Å²) in [5.74, 6) is 1.76. The third-order valence-electron chi connectivity index (χ3n) is 5.76. The zero-order chi connectivity index (χ0) is 14.5. The van der Waals surface area contributed by atoms with E-state index in [9.17, 15) is 0 Å². The second-order valence-corrected chi connectivity index (χ2v) is 7.57. The molecule has 0 aromatic heterocycles. The van der Waals surface area contributed by atoms with Crippen molar-refractivity contribution in [1.82, 2.24) is 4.90 Å². The van der Waals surface area contributed by atoms with Crippen LogP contribution in [0.15, 0.2) is 0 Å². The van der Waals surface area contributed by atoms with Crippen molar-refractivity contribution in [1.29, 1.82) is 0 Å². The maximum Gasteiger partial charge on any atom is 0.0129 e. The molecule has 0 spiro atoms. The van der Waals surface area contributed by atoms with Crippen LogP contribution in [0.25, 0.3) is 0 Å². The second-order valence-electron chi connectivity index (χ2n) is 7.57. The lowest BCUT2D eigenvalue weighted by Crippen LogP contribution is -2.51. The molecule has 20 heavy (non-hydrogen) atoms. The van der Waals surface area contributed by atoms with Gasteiger partial charge in [-0.1, -0.05) is 33.6 Å². The molecule has 2 aliphatic carbocycles. The summed E-state index contributed by atoms with van der Waals surface area (Å²) in [5, 5.41) is 0. The van der Waals surface area contributed by atoms with Gasteiger partial charge in [0, 0.05) is 18.1 Å². The highest BCUT2D eigenvalue weighted by Gasteiger charge is 2.35. The number of hydrogen-bond donors (Lipinski definition) is 1. The average molecular weight is 280 g/mol. The molecule has 2 saturated carbocycles. The molecule has 0 bridgehead atoms. The van der Waals surface area contributed by atoms with E-state index in [2.05, 4.69) is 25.7 Å². The molecule has 2 atom stereocenters. The monoisotopic (exact) mass is 280 g/mol. The lowest BCUT2D eigenvalue weighted by Gasteiger charge is -2.47. The fraction of sp³-hybridized carbons (Fsp3) is 1.00. The van der Waals surface area contributed by atoms with Gasteiger partial charge in [-0.3, -0.25) is 4.90 Å². The van der Waals surface area contributed by atoms with Gasteiger partial charge < -0.3 is 5.73 Å². The van der Waals surface area contributed by atoms with Gasteiger partial charge in [0.05, 0.1) is 0 Å². The lowest BCUT2D eigenvalue weighted by atomic mass is 9.75. The summed E-state index contributed by atoms with van der Waals surface area (Å²) in [6.45, 7) is 8.51. The summed E-state index contributed by atoms with van der Waals surface area (Å²) in [4.78, 5) is 2.91. The molecule has 0 aromatic rings. The van der Waals surface area contributed by atoms with Crippen LogP contribution in [0.1, 0.15) is 78.6 Å². The molecule has 2 fully saturated rings. The summed E-state index contributed by atoms with van der Waals surface area (Å²) < 4.78 is 0. The maximum absolute atomic E-state index is 6.11. The Hall–Kier alpha value is -0.0800. The predicted molar refractivity (Wildman–Crippen MR) is 87.8 cm³/mol. The molecular formula is C18H36N2. The van der Waals surface area contributed by atoms with E-state index >= 15 is 0 Å². The van der Waals surface area contributed by atoms with Crippen molar-refractivity contribution in [3.63, 3.8) is 0 Å². The van der Waals surface area contributed by atoms with Gasteiger partial charge in [-0.25, -0.2) is 0 Å². The molecule has 2 aliphatic rings. The summed E-state index contributed by atoms with van der Waals surface area (Å²) in [6, 6.07) is 2.14. The van der Waals surface area contributed by atoms with Crippen LogP contribution in [-0.2, 0) is 0 Å². The summed E-state index contributed by atoms with van der Waals surface area (Å²) in [6.07, 6.45) is 12.2. The van der Waals surface area contributed by atoms with Gasteiger partial charge in [0.2, 0.25) is 0 Å². The SMILES string of the molecule is CCCN(C1CCC(N)CC1)C1CCCCC1C(C)C. The van der Waals surface area contributed by atoms with Gasteiger partial charge in [0.15, 0.2) is 0 Å². The van der Waals surface area contributed by atoms with E-state index in [0.717, 1.165) is 23.9 Å². The molecule has 118 valence electrons. The minimum atomic E-state index is 0.474. The summed E-state index contributed by atoms with van der Waals surface area (Å²) in [7, 11) is 0.